The number of carbonyl (C=O) groups excluding carboxylic acids is 1. The zero-order chi connectivity index (χ0) is 15.4. The fraction of sp³-hybridized carbons (Fsp3) is 0.867. The summed E-state index contributed by atoms with van der Waals surface area (Å²) in [6.07, 6.45) is 2.24. The number of hydrogen-bond acceptors (Lipinski definition) is 4. The van der Waals surface area contributed by atoms with Gasteiger partial charge in [-0.2, -0.15) is 0 Å². The Morgan fingerprint density at radius 1 is 1.33 bits per heavy atom. The van der Waals surface area contributed by atoms with Gasteiger partial charge in [-0.25, -0.2) is 0 Å². The van der Waals surface area contributed by atoms with Gasteiger partial charge in [0.1, 0.15) is 0 Å². The van der Waals surface area contributed by atoms with Crippen molar-refractivity contribution in [3.8, 4) is 0 Å². The predicted molar refractivity (Wildman–Crippen MR) is 77.9 cm³/mol. The number of nitrogens with zero attached hydrogens (tertiary/aromatic N) is 1. The van der Waals surface area contributed by atoms with Crippen molar-refractivity contribution in [1.82, 2.24) is 10.2 Å². The Bertz CT molecular complexity index is 388. The molecule has 2 unspecified atom stereocenters. The normalized spacial score (nSPS) is 33.8. The molecule has 2 aliphatic rings. The number of rotatable bonds is 5. The van der Waals surface area contributed by atoms with Crippen LogP contribution in [0.1, 0.15) is 26.2 Å². The molecule has 0 aromatic heterocycles. The van der Waals surface area contributed by atoms with Crippen molar-refractivity contribution in [3.63, 3.8) is 0 Å². The smallest absolute Gasteiger partial charge is 0.307 e. The minimum atomic E-state index is -0.847. The largest absolute Gasteiger partial charge is 0.481 e. The number of carboxylic acid groups (broad SMARTS) is 1. The summed E-state index contributed by atoms with van der Waals surface area (Å²) >= 11 is 0. The molecule has 2 N–H and O–H groups in total. The molecule has 0 bridgehead atoms. The predicted octanol–water partition coefficient (Wildman–Crippen LogP) is 0.570. The van der Waals surface area contributed by atoms with Gasteiger partial charge in [-0.05, 0) is 25.8 Å². The number of carbonyl (C=O) groups is 2. The van der Waals surface area contributed by atoms with Crippen LogP contribution in [-0.4, -0.2) is 61.3 Å². The van der Waals surface area contributed by atoms with Crippen molar-refractivity contribution in [3.05, 3.63) is 0 Å². The van der Waals surface area contributed by atoms with Crippen molar-refractivity contribution in [1.29, 1.82) is 0 Å². The molecule has 21 heavy (non-hydrogen) atoms. The monoisotopic (exact) mass is 298 g/mol. The van der Waals surface area contributed by atoms with Crippen LogP contribution >= 0.6 is 0 Å². The van der Waals surface area contributed by atoms with Gasteiger partial charge < -0.3 is 20.1 Å². The zero-order valence-corrected chi connectivity index (χ0v) is 12.9. The Morgan fingerprint density at radius 2 is 2.05 bits per heavy atom. The van der Waals surface area contributed by atoms with Crippen molar-refractivity contribution in [2.24, 2.45) is 17.8 Å². The molecule has 1 aliphatic heterocycles. The molecule has 1 aliphatic carbocycles. The Morgan fingerprint density at radius 3 is 2.67 bits per heavy atom. The van der Waals surface area contributed by atoms with E-state index in [2.05, 4.69) is 17.1 Å². The van der Waals surface area contributed by atoms with Gasteiger partial charge in [0.2, 0.25) is 5.91 Å². The summed E-state index contributed by atoms with van der Waals surface area (Å²) in [5.74, 6) is -1.56. The summed E-state index contributed by atoms with van der Waals surface area (Å²) in [6, 6.07) is 0. The van der Waals surface area contributed by atoms with E-state index in [4.69, 9.17) is 4.74 Å². The van der Waals surface area contributed by atoms with E-state index in [0.29, 0.717) is 31.9 Å². The van der Waals surface area contributed by atoms with E-state index in [1.54, 1.807) is 0 Å². The number of hydrogen-bond donors (Lipinski definition) is 2. The summed E-state index contributed by atoms with van der Waals surface area (Å²) in [4.78, 5) is 25.8. The van der Waals surface area contributed by atoms with Gasteiger partial charge in [-0.15, -0.1) is 0 Å². The molecule has 0 radical (unpaired) electrons. The third-order valence-corrected chi connectivity index (χ3v) is 4.74. The number of aliphatic carboxylic acids is 1. The minimum absolute atomic E-state index is 0.000599. The topological polar surface area (TPSA) is 78.9 Å². The quantitative estimate of drug-likeness (QED) is 0.776. The molecular weight excluding hydrogens is 272 g/mol. The summed E-state index contributed by atoms with van der Waals surface area (Å²) in [5.41, 5.74) is 0. The summed E-state index contributed by atoms with van der Waals surface area (Å²) < 4.78 is 5.61. The lowest BCUT2D eigenvalue weighted by Crippen LogP contribution is -2.47. The van der Waals surface area contributed by atoms with E-state index >= 15 is 0 Å². The zero-order valence-electron chi connectivity index (χ0n) is 12.9. The number of likely N-dealkylation sites (N-methyl/N-ethyl adjacent to an activating group) is 1. The number of morpholine rings is 1. The van der Waals surface area contributed by atoms with Crippen molar-refractivity contribution in [2.45, 2.75) is 32.3 Å². The Kier molecular flexibility index (Phi) is 5.58. The highest BCUT2D eigenvalue weighted by atomic mass is 16.5. The first-order valence-electron chi connectivity index (χ1n) is 7.81. The van der Waals surface area contributed by atoms with Crippen LogP contribution in [0.15, 0.2) is 0 Å². The number of nitrogens with one attached hydrogen (secondary N) is 1. The first-order valence-corrected chi connectivity index (χ1v) is 7.81. The molecule has 1 saturated carbocycles. The molecule has 1 amide bonds. The second kappa shape index (κ2) is 7.22. The van der Waals surface area contributed by atoms with Crippen molar-refractivity contribution in [2.75, 3.05) is 33.3 Å². The fourth-order valence-electron chi connectivity index (χ4n) is 3.37. The molecule has 6 heteroatoms. The number of amides is 1. The lowest BCUT2D eigenvalue weighted by molar-refractivity contribution is -0.146. The molecular formula is C15H26N2O4. The molecule has 1 saturated heterocycles. The van der Waals surface area contributed by atoms with Crippen LogP contribution in [0.3, 0.4) is 0 Å². The van der Waals surface area contributed by atoms with Crippen molar-refractivity contribution < 1.29 is 19.4 Å². The van der Waals surface area contributed by atoms with Gasteiger partial charge in [0.05, 0.1) is 24.5 Å². The summed E-state index contributed by atoms with van der Waals surface area (Å²) in [6.45, 7) is 4.89. The molecule has 2 rings (SSSR count). The highest BCUT2D eigenvalue weighted by molar-refractivity contribution is 5.85. The number of ether oxygens (including phenoxy) is 1. The van der Waals surface area contributed by atoms with Crippen LogP contribution in [0.4, 0.5) is 0 Å². The molecule has 0 spiro atoms. The maximum Gasteiger partial charge on any atom is 0.307 e. The Hall–Kier alpha value is -1.14. The third kappa shape index (κ3) is 4.17. The first-order chi connectivity index (χ1) is 10.0. The highest BCUT2D eigenvalue weighted by Crippen LogP contribution is 2.38. The summed E-state index contributed by atoms with van der Waals surface area (Å²) in [5, 5.41) is 12.2. The van der Waals surface area contributed by atoms with Crippen molar-refractivity contribution >= 4 is 11.9 Å². The maximum absolute atomic E-state index is 12.3. The van der Waals surface area contributed by atoms with Gasteiger partial charge in [-0.3, -0.25) is 9.59 Å². The van der Waals surface area contributed by atoms with Gasteiger partial charge >= 0.3 is 5.97 Å². The van der Waals surface area contributed by atoms with Gasteiger partial charge in [0, 0.05) is 19.6 Å². The highest BCUT2D eigenvalue weighted by Gasteiger charge is 2.42. The maximum atomic E-state index is 12.3. The average molecular weight is 298 g/mol. The van der Waals surface area contributed by atoms with E-state index in [9.17, 15) is 14.7 Å². The van der Waals surface area contributed by atoms with E-state index in [1.165, 1.54) is 0 Å². The fourth-order valence-corrected chi connectivity index (χ4v) is 3.37. The SMILES string of the molecule is CCC1C[C@H](C(=O)NCC2CN(C)CCO2)[C@H](C(=O)O)C1. The third-order valence-electron chi connectivity index (χ3n) is 4.74. The Labute approximate surface area is 125 Å². The molecule has 120 valence electrons. The van der Waals surface area contributed by atoms with Crippen LogP contribution in [-0.2, 0) is 14.3 Å². The standard InChI is InChI=1S/C15H26N2O4/c1-3-10-6-12(13(7-10)15(19)20)14(18)16-8-11-9-17(2)4-5-21-11/h10-13H,3-9H2,1-2H3,(H,16,18)(H,19,20)/t10?,11?,12-,13+/m0/s1. The van der Waals surface area contributed by atoms with E-state index in [0.717, 1.165) is 19.5 Å². The molecule has 0 aromatic rings. The lowest BCUT2D eigenvalue weighted by Gasteiger charge is -2.30. The Balaban J connectivity index is 1.85. The first kappa shape index (κ1) is 16.2. The van der Waals surface area contributed by atoms with E-state index in [-0.39, 0.29) is 12.0 Å². The average Bonchev–Trinajstić information content (AvgIpc) is 2.89. The molecule has 0 aromatic carbocycles. The van der Waals surface area contributed by atoms with Crippen LogP contribution in [0.2, 0.25) is 0 Å². The van der Waals surface area contributed by atoms with Gasteiger partial charge in [0.15, 0.2) is 0 Å². The van der Waals surface area contributed by atoms with Crippen LogP contribution in [0, 0.1) is 17.8 Å². The number of carboxylic acids is 1. The second-order valence-electron chi connectivity index (χ2n) is 6.30. The molecule has 1 heterocycles. The van der Waals surface area contributed by atoms with Crippen LogP contribution in [0.5, 0.6) is 0 Å². The van der Waals surface area contributed by atoms with E-state index in [1.807, 2.05) is 7.05 Å². The molecule has 4 atom stereocenters. The lowest BCUT2D eigenvalue weighted by atomic mass is 9.95. The van der Waals surface area contributed by atoms with E-state index < -0.39 is 17.8 Å². The van der Waals surface area contributed by atoms with Crippen LogP contribution < -0.4 is 5.32 Å². The minimum Gasteiger partial charge on any atom is -0.481 e. The van der Waals surface area contributed by atoms with Crippen LogP contribution in [0.25, 0.3) is 0 Å². The van der Waals surface area contributed by atoms with Gasteiger partial charge in [0.25, 0.3) is 0 Å². The second-order valence-corrected chi connectivity index (χ2v) is 6.30. The summed E-state index contributed by atoms with van der Waals surface area (Å²) in [7, 11) is 2.03. The van der Waals surface area contributed by atoms with Gasteiger partial charge in [-0.1, -0.05) is 13.3 Å². The molecule has 2 fully saturated rings. The molecule has 6 nitrogen and oxygen atoms in total.